The topological polar surface area (TPSA) is 82.7 Å². The van der Waals surface area contributed by atoms with E-state index in [4.69, 9.17) is 0 Å². The van der Waals surface area contributed by atoms with Crippen LogP contribution in [-0.2, 0) is 0 Å². The van der Waals surface area contributed by atoms with Gasteiger partial charge in [-0.25, -0.2) is 4.79 Å². The highest BCUT2D eigenvalue weighted by Gasteiger charge is 2.28. The standard InChI is InChI=1S/C28H27N5O/c1-18(2)31-28(34)32-21-12-9-19(10-13-21)27-24(17-29)23-14-11-20(25-8-3-4-15-30-25)16-26(23)33(27)22-6-5-7-22/h3-4,8-16,18,22H,5-7H2,1-2H3,(H2,31,32,34). The highest BCUT2D eigenvalue weighted by atomic mass is 16.2. The van der Waals surface area contributed by atoms with Gasteiger partial charge in [0.1, 0.15) is 6.07 Å². The lowest BCUT2D eigenvalue weighted by molar-refractivity contribution is 0.250. The van der Waals surface area contributed by atoms with Crippen molar-refractivity contribution in [2.24, 2.45) is 0 Å². The normalized spacial score (nSPS) is 13.5. The number of rotatable bonds is 5. The van der Waals surface area contributed by atoms with Crippen molar-refractivity contribution in [1.82, 2.24) is 14.9 Å². The number of anilines is 1. The molecule has 0 bridgehead atoms. The highest BCUT2D eigenvalue weighted by molar-refractivity contribution is 5.97. The van der Waals surface area contributed by atoms with Crippen LogP contribution in [0.25, 0.3) is 33.4 Å². The van der Waals surface area contributed by atoms with Gasteiger partial charge in [-0.1, -0.05) is 30.3 Å². The van der Waals surface area contributed by atoms with Crippen molar-refractivity contribution in [3.63, 3.8) is 0 Å². The number of hydrogen-bond donors (Lipinski definition) is 2. The van der Waals surface area contributed by atoms with E-state index in [2.05, 4.69) is 32.3 Å². The van der Waals surface area contributed by atoms with Crippen LogP contribution in [0.1, 0.15) is 44.7 Å². The van der Waals surface area contributed by atoms with E-state index in [0.717, 1.165) is 46.3 Å². The number of nitriles is 1. The van der Waals surface area contributed by atoms with E-state index < -0.39 is 0 Å². The van der Waals surface area contributed by atoms with Gasteiger partial charge in [-0.15, -0.1) is 0 Å². The van der Waals surface area contributed by atoms with Crippen LogP contribution in [0.15, 0.2) is 66.9 Å². The molecule has 1 aliphatic carbocycles. The molecule has 4 aromatic rings. The number of nitrogens with zero attached hydrogens (tertiary/aromatic N) is 3. The molecule has 6 nitrogen and oxygen atoms in total. The summed E-state index contributed by atoms with van der Waals surface area (Å²) >= 11 is 0. The number of amides is 2. The third-order valence-corrected chi connectivity index (χ3v) is 6.35. The average molecular weight is 450 g/mol. The van der Waals surface area contributed by atoms with Crippen molar-refractivity contribution < 1.29 is 4.79 Å². The van der Waals surface area contributed by atoms with E-state index in [1.165, 1.54) is 6.42 Å². The SMILES string of the molecule is CC(C)NC(=O)Nc1ccc(-c2c(C#N)c3ccc(-c4ccccn4)cc3n2C2CCC2)cc1. The Morgan fingerprint density at radius 1 is 1.09 bits per heavy atom. The summed E-state index contributed by atoms with van der Waals surface area (Å²) in [5.74, 6) is 0. The summed E-state index contributed by atoms with van der Waals surface area (Å²) < 4.78 is 2.34. The third-order valence-electron chi connectivity index (χ3n) is 6.35. The molecule has 5 rings (SSSR count). The first-order valence-corrected chi connectivity index (χ1v) is 11.7. The van der Waals surface area contributed by atoms with Crippen molar-refractivity contribution in [1.29, 1.82) is 5.26 Å². The van der Waals surface area contributed by atoms with E-state index in [9.17, 15) is 10.1 Å². The summed E-state index contributed by atoms with van der Waals surface area (Å²) in [5, 5.41) is 16.8. The van der Waals surface area contributed by atoms with Gasteiger partial charge in [0.15, 0.2) is 0 Å². The summed E-state index contributed by atoms with van der Waals surface area (Å²) in [6.07, 6.45) is 5.20. The number of pyridine rings is 1. The van der Waals surface area contributed by atoms with Gasteiger partial charge in [-0.2, -0.15) is 5.26 Å². The number of nitrogens with one attached hydrogen (secondary N) is 2. The van der Waals surface area contributed by atoms with Gasteiger partial charge in [0.25, 0.3) is 0 Å². The molecule has 2 heterocycles. The maximum Gasteiger partial charge on any atom is 0.319 e. The zero-order valence-electron chi connectivity index (χ0n) is 19.4. The fourth-order valence-corrected chi connectivity index (χ4v) is 4.57. The monoisotopic (exact) mass is 449 g/mol. The van der Waals surface area contributed by atoms with Crippen molar-refractivity contribution >= 4 is 22.6 Å². The van der Waals surface area contributed by atoms with Crippen LogP contribution in [0.4, 0.5) is 10.5 Å². The predicted octanol–water partition coefficient (Wildman–Crippen LogP) is 6.50. The van der Waals surface area contributed by atoms with Gasteiger partial charge in [0.2, 0.25) is 0 Å². The Bertz CT molecular complexity index is 1380. The lowest BCUT2D eigenvalue weighted by atomic mass is 9.92. The van der Waals surface area contributed by atoms with Crippen LogP contribution in [0.2, 0.25) is 0 Å². The first kappa shape index (κ1) is 21.7. The molecule has 34 heavy (non-hydrogen) atoms. The third kappa shape index (κ3) is 4.01. The lowest BCUT2D eigenvalue weighted by Gasteiger charge is -2.30. The maximum absolute atomic E-state index is 12.1. The van der Waals surface area contributed by atoms with Crippen LogP contribution >= 0.6 is 0 Å². The molecule has 0 atom stereocenters. The number of aromatic nitrogens is 2. The molecular formula is C28H27N5O. The van der Waals surface area contributed by atoms with Crippen LogP contribution in [0.3, 0.4) is 0 Å². The molecule has 1 saturated carbocycles. The quantitative estimate of drug-likeness (QED) is 0.365. The molecule has 1 fully saturated rings. The second-order valence-electron chi connectivity index (χ2n) is 9.07. The molecule has 2 amide bonds. The number of carbonyl (C=O) groups excluding carboxylic acids is 1. The van der Waals surface area contributed by atoms with Gasteiger partial charge >= 0.3 is 6.03 Å². The van der Waals surface area contributed by atoms with Gasteiger partial charge in [0.05, 0.1) is 22.5 Å². The number of fused-ring (bicyclic) bond motifs is 1. The van der Waals surface area contributed by atoms with Gasteiger partial charge in [-0.3, -0.25) is 4.98 Å². The van der Waals surface area contributed by atoms with E-state index in [-0.39, 0.29) is 12.1 Å². The van der Waals surface area contributed by atoms with Gasteiger partial charge in [-0.05, 0) is 69.0 Å². The fraction of sp³-hybridized carbons (Fsp3) is 0.250. The summed E-state index contributed by atoms with van der Waals surface area (Å²) in [7, 11) is 0. The Morgan fingerprint density at radius 2 is 1.85 bits per heavy atom. The highest BCUT2D eigenvalue weighted by Crippen LogP contribution is 2.43. The molecule has 170 valence electrons. The van der Waals surface area contributed by atoms with Crippen LogP contribution < -0.4 is 10.6 Å². The van der Waals surface area contributed by atoms with Crippen molar-refractivity contribution in [2.75, 3.05) is 5.32 Å². The van der Waals surface area contributed by atoms with Crippen LogP contribution in [0.5, 0.6) is 0 Å². The van der Waals surface area contributed by atoms with Crippen LogP contribution in [0, 0.1) is 11.3 Å². The Balaban J connectivity index is 1.60. The second kappa shape index (κ2) is 9.03. The van der Waals surface area contributed by atoms with Gasteiger partial charge in [0, 0.05) is 34.9 Å². The molecular weight excluding hydrogens is 422 g/mol. The smallest absolute Gasteiger partial charge is 0.319 e. The van der Waals surface area contributed by atoms with E-state index in [1.54, 1.807) is 6.20 Å². The molecule has 0 spiro atoms. The molecule has 6 heteroatoms. The lowest BCUT2D eigenvalue weighted by Crippen LogP contribution is -2.34. The number of urea groups is 1. The zero-order chi connectivity index (χ0) is 23.7. The number of carbonyl (C=O) groups is 1. The minimum Gasteiger partial charge on any atom is -0.336 e. The minimum atomic E-state index is -0.230. The molecule has 1 aliphatic rings. The Kier molecular flexibility index (Phi) is 5.77. The van der Waals surface area contributed by atoms with E-state index >= 15 is 0 Å². The van der Waals surface area contributed by atoms with E-state index in [0.29, 0.717) is 17.3 Å². The average Bonchev–Trinajstić information content (AvgIpc) is 3.12. The first-order valence-electron chi connectivity index (χ1n) is 11.7. The number of benzene rings is 2. The largest absolute Gasteiger partial charge is 0.336 e. The van der Waals surface area contributed by atoms with Crippen molar-refractivity contribution in [3.05, 3.63) is 72.4 Å². The second-order valence-corrected chi connectivity index (χ2v) is 9.07. The maximum atomic E-state index is 12.1. The summed E-state index contributed by atoms with van der Waals surface area (Å²) in [4.78, 5) is 16.6. The minimum absolute atomic E-state index is 0.0617. The predicted molar refractivity (Wildman–Crippen MR) is 135 cm³/mol. The van der Waals surface area contributed by atoms with Crippen molar-refractivity contribution in [2.45, 2.75) is 45.2 Å². The zero-order valence-corrected chi connectivity index (χ0v) is 19.4. The Hall–Kier alpha value is -4.11. The summed E-state index contributed by atoms with van der Waals surface area (Å²) in [5.41, 5.74) is 6.33. The Morgan fingerprint density at radius 3 is 2.47 bits per heavy atom. The Labute approximate surface area is 199 Å². The first-order chi connectivity index (χ1) is 16.5. The molecule has 2 aromatic carbocycles. The summed E-state index contributed by atoms with van der Waals surface area (Å²) in [6, 6.07) is 22.6. The molecule has 2 aromatic heterocycles. The fourth-order valence-electron chi connectivity index (χ4n) is 4.57. The van der Waals surface area contributed by atoms with Gasteiger partial charge < -0.3 is 15.2 Å². The van der Waals surface area contributed by atoms with E-state index in [1.807, 2.05) is 68.4 Å². The molecule has 0 unspecified atom stereocenters. The molecule has 0 radical (unpaired) electrons. The molecule has 2 N–H and O–H groups in total. The number of hydrogen-bond acceptors (Lipinski definition) is 3. The molecule has 0 saturated heterocycles. The molecule has 0 aliphatic heterocycles. The summed E-state index contributed by atoms with van der Waals surface area (Å²) in [6.45, 7) is 3.84. The van der Waals surface area contributed by atoms with Crippen LogP contribution in [-0.4, -0.2) is 21.6 Å². The van der Waals surface area contributed by atoms with Crippen molar-refractivity contribution in [3.8, 4) is 28.6 Å².